The summed E-state index contributed by atoms with van der Waals surface area (Å²) >= 11 is 6.01. The summed E-state index contributed by atoms with van der Waals surface area (Å²) in [5.74, 6) is 0.811. The van der Waals surface area contributed by atoms with E-state index in [0.717, 1.165) is 12.8 Å². The SMILES string of the molecule is CCC1C=CC(n2cnc3c(Cl)nc(N)nc32)C1. The molecule has 0 aromatic carbocycles. The van der Waals surface area contributed by atoms with Crippen molar-refractivity contribution in [2.75, 3.05) is 5.73 Å². The van der Waals surface area contributed by atoms with E-state index < -0.39 is 0 Å². The smallest absolute Gasteiger partial charge is 0.223 e. The van der Waals surface area contributed by atoms with E-state index in [0.29, 0.717) is 22.2 Å². The Balaban J connectivity index is 2.06. The van der Waals surface area contributed by atoms with Crippen LogP contribution in [0, 0.1) is 5.92 Å². The Bertz CT molecular complexity index is 618. The molecule has 0 spiro atoms. The van der Waals surface area contributed by atoms with Gasteiger partial charge in [-0.25, -0.2) is 4.98 Å². The molecule has 0 bridgehead atoms. The summed E-state index contributed by atoms with van der Waals surface area (Å²) in [5, 5.41) is 0.310. The van der Waals surface area contributed by atoms with Crippen LogP contribution in [0.4, 0.5) is 5.95 Å². The first-order valence-corrected chi connectivity index (χ1v) is 6.40. The predicted molar refractivity (Wildman–Crippen MR) is 71.3 cm³/mol. The Morgan fingerprint density at radius 1 is 1.44 bits per heavy atom. The van der Waals surface area contributed by atoms with E-state index in [1.165, 1.54) is 0 Å². The van der Waals surface area contributed by atoms with Gasteiger partial charge >= 0.3 is 0 Å². The molecule has 3 rings (SSSR count). The molecule has 0 fully saturated rings. The number of halogens is 1. The van der Waals surface area contributed by atoms with Gasteiger partial charge in [0.05, 0.1) is 12.4 Å². The van der Waals surface area contributed by atoms with Crippen molar-refractivity contribution in [3.63, 3.8) is 0 Å². The van der Waals surface area contributed by atoms with Crippen molar-refractivity contribution in [1.29, 1.82) is 0 Å². The van der Waals surface area contributed by atoms with Crippen LogP contribution >= 0.6 is 11.6 Å². The number of nitrogens with two attached hydrogens (primary N) is 1. The van der Waals surface area contributed by atoms with Gasteiger partial charge in [0, 0.05) is 0 Å². The van der Waals surface area contributed by atoms with Gasteiger partial charge in [0.25, 0.3) is 0 Å². The summed E-state index contributed by atoms with van der Waals surface area (Å²) in [4.78, 5) is 12.4. The maximum Gasteiger partial charge on any atom is 0.223 e. The molecule has 1 aliphatic rings. The molecule has 0 saturated heterocycles. The first-order chi connectivity index (χ1) is 8.69. The predicted octanol–water partition coefficient (Wildman–Crippen LogP) is 2.59. The molecule has 5 nitrogen and oxygen atoms in total. The minimum Gasteiger partial charge on any atom is -0.368 e. The molecule has 0 saturated carbocycles. The highest BCUT2D eigenvalue weighted by Gasteiger charge is 2.22. The van der Waals surface area contributed by atoms with E-state index in [9.17, 15) is 0 Å². The van der Waals surface area contributed by atoms with Gasteiger partial charge in [-0.3, -0.25) is 0 Å². The number of anilines is 1. The molecule has 0 aliphatic heterocycles. The van der Waals surface area contributed by atoms with Gasteiger partial charge in [-0.2, -0.15) is 9.97 Å². The minimum absolute atomic E-state index is 0.184. The van der Waals surface area contributed by atoms with Gasteiger partial charge < -0.3 is 10.3 Å². The van der Waals surface area contributed by atoms with Crippen LogP contribution in [0.3, 0.4) is 0 Å². The lowest BCUT2D eigenvalue weighted by atomic mass is 10.1. The zero-order valence-corrected chi connectivity index (χ0v) is 10.8. The summed E-state index contributed by atoms with van der Waals surface area (Å²) in [6.07, 6.45) is 8.43. The third-order valence-electron chi connectivity index (χ3n) is 3.43. The van der Waals surface area contributed by atoms with Crippen molar-refractivity contribution < 1.29 is 0 Å². The molecule has 94 valence electrons. The number of fused-ring (bicyclic) bond motifs is 1. The van der Waals surface area contributed by atoms with Crippen molar-refractivity contribution in [2.45, 2.75) is 25.8 Å². The largest absolute Gasteiger partial charge is 0.368 e. The normalized spacial score (nSPS) is 23.0. The maximum atomic E-state index is 6.01. The second kappa shape index (κ2) is 4.24. The highest BCUT2D eigenvalue weighted by Crippen LogP contribution is 2.32. The second-order valence-corrected chi connectivity index (χ2v) is 4.91. The number of rotatable bonds is 2. The summed E-state index contributed by atoms with van der Waals surface area (Å²) < 4.78 is 2.02. The Hall–Kier alpha value is -1.62. The van der Waals surface area contributed by atoms with Crippen LogP contribution < -0.4 is 5.73 Å². The zero-order valence-electron chi connectivity index (χ0n) is 10.0. The molecule has 2 N–H and O–H groups in total. The molecule has 2 atom stereocenters. The van der Waals surface area contributed by atoms with E-state index in [4.69, 9.17) is 17.3 Å². The van der Waals surface area contributed by atoms with Gasteiger partial charge in [0.15, 0.2) is 10.8 Å². The molecule has 1 aliphatic carbocycles. The average molecular weight is 264 g/mol. The molecule has 2 aromatic heterocycles. The Kier molecular flexibility index (Phi) is 2.70. The summed E-state index contributed by atoms with van der Waals surface area (Å²) in [7, 11) is 0. The molecule has 0 radical (unpaired) electrons. The quantitative estimate of drug-likeness (QED) is 0.668. The van der Waals surface area contributed by atoms with Crippen LogP contribution in [0.2, 0.25) is 5.15 Å². The number of aromatic nitrogens is 4. The van der Waals surface area contributed by atoms with Crippen LogP contribution in [-0.4, -0.2) is 19.5 Å². The molecule has 6 heteroatoms. The van der Waals surface area contributed by atoms with Crippen LogP contribution in [0.1, 0.15) is 25.8 Å². The van der Waals surface area contributed by atoms with Crippen LogP contribution in [0.5, 0.6) is 0 Å². The zero-order chi connectivity index (χ0) is 12.7. The number of nitrogen functional groups attached to an aromatic ring is 1. The van der Waals surface area contributed by atoms with E-state index in [1.54, 1.807) is 6.33 Å². The number of allylic oxidation sites excluding steroid dienone is 2. The highest BCUT2D eigenvalue weighted by molar-refractivity contribution is 6.33. The van der Waals surface area contributed by atoms with Gasteiger partial charge in [-0.15, -0.1) is 0 Å². The molecule has 2 aromatic rings. The lowest BCUT2D eigenvalue weighted by molar-refractivity contribution is 0.502. The Labute approximate surface area is 110 Å². The van der Waals surface area contributed by atoms with Crippen molar-refractivity contribution in [3.8, 4) is 0 Å². The van der Waals surface area contributed by atoms with Gasteiger partial charge in [-0.05, 0) is 18.8 Å². The van der Waals surface area contributed by atoms with E-state index in [1.807, 2.05) is 4.57 Å². The fourth-order valence-corrected chi connectivity index (χ4v) is 2.62. The minimum atomic E-state index is 0.184. The average Bonchev–Trinajstić information content (AvgIpc) is 2.93. The number of hydrogen-bond acceptors (Lipinski definition) is 4. The Morgan fingerprint density at radius 3 is 3.00 bits per heavy atom. The summed E-state index contributed by atoms with van der Waals surface area (Å²) in [6.45, 7) is 2.19. The number of imidazole rings is 1. The Morgan fingerprint density at radius 2 is 2.28 bits per heavy atom. The van der Waals surface area contributed by atoms with Gasteiger partial charge in [0.1, 0.15) is 5.52 Å². The van der Waals surface area contributed by atoms with Crippen LogP contribution in [0.25, 0.3) is 11.2 Å². The molecule has 0 amide bonds. The van der Waals surface area contributed by atoms with Crippen molar-refractivity contribution >= 4 is 28.7 Å². The van der Waals surface area contributed by atoms with Gasteiger partial charge in [-0.1, -0.05) is 30.7 Å². The van der Waals surface area contributed by atoms with Crippen LogP contribution in [-0.2, 0) is 0 Å². The fraction of sp³-hybridized carbons (Fsp3) is 0.417. The first-order valence-electron chi connectivity index (χ1n) is 6.03. The van der Waals surface area contributed by atoms with E-state index >= 15 is 0 Å². The van der Waals surface area contributed by atoms with E-state index in [-0.39, 0.29) is 12.0 Å². The topological polar surface area (TPSA) is 69.6 Å². The maximum absolute atomic E-state index is 6.01. The van der Waals surface area contributed by atoms with Crippen molar-refractivity contribution in [2.24, 2.45) is 5.92 Å². The molecular weight excluding hydrogens is 250 g/mol. The number of hydrogen-bond donors (Lipinski definition) is 1. The van der Waals surface area contributed by atoms with Crippen molar-refractivity contribution in [3.05, 3.63) is 23.6 Å². The molecule has 2 heterocycles. The number of nitrogens with zero attached hydrogens (tertiary/aromatic N) is 4. The lowest BCUT2D eigenvalue weighted by Gasteiger charge is -2.12. The van der Waals surface area contributed by atoms with E-state index in [2.05, 4.69) is 34.0 Å². The van der Waals surface area contributed by atoms with Crippen molar-refractivity contribution in [1.82, 2.24) is 19.5 Å². The molecule has 18 heavy (non-hydrogen) atoms. The third-order valence-corrected chi connectivity index (χ3v) is 3.69. The monoisotopic (exact) mass is 263 g/mol. The highest BCUT2D eigenvalue weighted by atomic mass is 35.5. The standard InChI is InChI=1S/C12H14ClN5/c1-2-7-3-4-8(5-7)18-6-15-9-10(13)16-12(14)17-11(9)18/h3-4,6-8H,2,5H2,1H3,(H2,14,16,17). The fourth-order valence-electron chi connectivity index (χ4n) is 2.40. The molecule has 2 unspecified atom stereocenters. The summed E-state index contributed by atoms with van der Waals surface area (Å²) in [5.41, 5.74) is 6.96. The third kappa shape index (κ3) is 1.75. The lowest BCUT2D eigenvalue weighted by Crippen LogP contribution is -2.06. The summed E-state index contributed by atoms with van der Waals surface area (Å²) in [6, 6.07) is 0.283. The van der Waals surface area contributed by atoms with Gasteiger partial charge in [0.2, 0.25) is 5.95 Å². The van der Waals surface area contributed by atoms with Crippen LogP contribution in [0.15, 0.2) is 18.5 Å². The first kappa shape index (κ1) is 11.5. The second-order valence-electron chi connectivity index (χ2n) is 4.55. The molecular formula is C12H14ClN5.